The van der Waals surface area contributed by atoms with Gasteiger partial charge < -0.3 is 0 Å². The molecule has 0 unspecified atom stereocenters. The molecule has 1 nitrogen and oxygen atoms in total. The highest BCUT2D eigenvalue weighted by molar-refractivity contribution is 5.96. The summed E-state index contributed by atoms with van der Waals surface area (Å²) in [6.07, 6.45) is 6.36. The quantitative estimate of drug-likeness (QED) is 0.553. The van der Waals surface area contributed by atoms with Crippen LogP contribution < -0.4 is 0 Å². The van der Waals surface area contributed by atoms with Gasteiger partial charge in [-0.2, -0.15) is 0 Å². The fourth-order valence-electron chi connectivity index (χ4n) is 1.34. The Kier molecular flexibility index (Phi) is 2.64. The topological polar surface area (TPSA) is 17.1 Å². The van der Waals surface area contributed by atoms with E-state index in [-0.39, 0.29) is 0 Å². The third-order valence-corrected chi connectivity index (χ3v) is 2.02. The van der Waals surface area contributed by atoms with Crippen molar-refractivity contribution in [2.75, 3.05) is 0 Å². The summed E-state index contributed by atoms with van der Waals surface area (Å²) in [5.41, 5.74) is 0.957. The maximum atomic E-state index is 11.3. The zero-order valence-corrected chi connectivity index (χ0v) is 6.97. The van der Waals surface area contributed by atoms with Crippen molar-refractivity contribution in [1.29, 1.82) is 0 Å². The average Bonchev–Trinajstić information content (AvgIpc) is 1.95. The van der Waals surface area contributed by atoms with Gasteiger partial charge in [0, 0.05) is 6.42 Å². The molecule has 0 spiro atoms. The van der Waals surface area contributed by atoms with E-state index in [0.717, 1.165) is 24.8 Å². The van der Waals surface area contributed by atoms with Gasteiger partial charge >= 0.3 is 0 Å². The Morgan fingerprint density at radius 2 is 2.55 bits per heavy atom. The predicted molar refractivity (Wildman–Crippen MR) is 46.3 cm³/mol. The standard InChI is InChI=1S/C10H14O/c1-3-4-9-6-5-8(2)7-10(9)11/h3,6,8H,1,4-5,7H2,2H3/t8-/m1/s1. The Hall–Kier alpha value is -0.850. The Balaban J connectivity index is 2.64. The number of hydrogen-bond acceptors (Lipinski definition) is 1. The van der Waals surface area contributed by atoms with Crippen molar-refractivity contribution in [1.82, 2.24) is 0 Å². The largest absolute Gasteiger partial charge is 0.295 e. The van der Waals surface area contributed by atoms with Crippen LogP contribution in [0.25, 0.3) is 0 Å². The second-order valence-corrected chi connectivity index (χ2v) is 3.19. The zero-order valence-electron chi connectivity index (χ0n) is 6.97. The van der Waals surface area contributed by atoms with Crippen molar-refractivity contribution >= 4 is 5.78 Å². The molecule has 0 amide bonds. The van der Waals surface area contributed by atoms with Crippen molar-refractivity contribution in [3.8, 4) is 0 Å². The molecule has 0 aromatic carbocycles. The lowest BCUT2D eigenvalue weighted by molar-refractivity contribution is -0.116. The molecule has 0 N–H and O–H groups in total. The Labute approximate surface area is 67.8 Å². The molecule has 1 aliphatic rings. The molecule has 0 saturated heterocycles. The minimum absolute atomic E-state index is 0.309. The lowest BCUT2D eigenvalue weighted by atomic mass is 9.89. The highest BCUT2D eigenvalue weighted by Crippen LogP contribution is 2.21. The average molecular weight is 150 g/mol. The summed E-state index contributed by atoms with van der Waals surface area (Å²) in [6.45, 7) is 5.73. The van der Waals surface area contributed by atoms with Crippen LogP contribution in [0.4, 0.5) is 0 Å². The van der Waals surface area contributed by atoms with E-state index in [9.17, 15) is 4.79 Å². The van der Waals surface area contributed by atoms with Gasteiger partial charge in [0.05, 0.1) is 0 Å². The van der Waals surface area contributed by atoms with Crippen molar-refractivity contribution in [3.63, 3.8) is 0 Å². The summed E-state index contributed by atoms with van der Waals surface area (Å²) in [6, 6.07) is 0. The van der Waals surface area contributed by atoms with Crippen LogP contribution in [0.5, 0.6) is 0 Å². The monoisotopic (exact) mass is 150 g/mol. The van der Waals surface area contributed by atoms with Crippen molar-refractivity contribution in [3.05, 3.63) is 24.3 Å². The molecule has 0 bridgehead atoms. The van der Waals surface area contributed by atoms with E-state index in [4.69, 9.17) is 0 Å². The minimum Gasteiger partial charge on any atom is -0.295 e. The smallest absolute Gasteiger partial charge is 0.159 e. The van der Waals surface area contributed by atoms with E-state index < -0.39 is 0 Å². The van der Waals surface area contributed by atoms with E-state index in [1.165, 1.54) is 0 Å². The molecule has 0 fully saturated rings. The third kappa shape index (κ3) is 2.04. The number of ketones is 1. The molecule has 60 valence electrons. The van der Waals surface area contributed by atoms with Crippen LogP contribution in [-0.2, 0) is 4.79 Å². The van der Waals surface area contributed by atoms with Gasteiger partial charge in [0.15, 0.2) is 5.78 Å². The lowest BCUT2D eigenvalue weighted by Gasteiger charge is -2.15. The Morgan fingerprint density at radius 3 is 3.09 bits per heavy atom. The predicted octanol–water partition coefficient (Wildman–Crippen LogP) is 2.49. The number of rotatable bonds is 2. The van der Waals surface area contributed by atoms with Crippen LogP contribution >= 0.6 is 0 Å². The van der Waals surface area contributed by atoms with Gasteiger partial charge in [0.2, 0.25) is 0 Å². The van der Waals surface area contributed by atoms with E-state index >= 15 is 0 Å². The van der Waals surface area contributed by atoms with Gasteiger partial charge in [-0.1, -0.05) is 19.1 Å². The van der Waals surface area contributed by atoms with Crippen LogP contribution in [0.3, 0.4) is 0 Å². The molecular weight excluding hydrogens is 136 g/mol. The van der Waals surface area contributed by atoms with Crippen LogP contribution in [0.15, 0.2) is 24.3 Å². The van der Waals surface area contributed by atoms with Gasteiger partial charge in [-0.3, -0.25) is 4.79 Å². The van der Waals surface area contributed by atoms with Crippen molar-refractivity contribution in [2.45, 2.75) is 26.2 Å². The molecule has 0 radical (unpaired) electrons. The lowest BCUT2D eigenvalue weighted by Crippen LogP contribution is -2.12. The second-order valence-electron chi connectivity index (χ2n) is 3.19. The number of carbonyl (C=O) groups excluding carboxylic acids is 1. The van der Waals surface area contributed by atoms with Gasteiger partial charge in [0.1, 0.15) is 0 Å². The van der Waals surface area contributed by atoms with E-state index in [2.05, 4.69) is 19.6 Å². The number of Topliss-reactive ketones (excluding diaryl/α,β-unsaturated/α-hetero) is 1. The first kappa shape index (κ1) is 8.25. The molecule has 1 aliphatic carbocycles. The summed E-state index contributed by atoms with van der Waals surface area (Å²) in [7, 11) is 0. The van der Waals surface area contributed by atoms with Gasteiger partial charge in [-0.25, -0.2) is 0 Å². The summed E-state index contributed by atoms with van der Waals surface area (Å²) < 4.78 is 0. The van der Waals surface area contributed by atoms with E-state index in [0.29, 0.717) is 11.7 Å². The Bertz CT molecular complexity index is 201. The third-order valence-electron chi connectivity index (χ3n) is 2.02. The van der Waals surface area contributed by atoms with Crippen LogP contribution in [0.2, 0.25) is 0 Å². The number of carbonyl (C=O) groups is 1. The molecule has 0 heterocycles. The number of hydrogen-bond donors (Lipinski definition) is 0. The fourth-order valence-corrected chi connectivity index (χ4v) is 1.34. The molecule has 0 aliphatic heterocycles. The highest BCUT2D eigenvalue weighted by atomic mass is 16.1. The van der Waals surface area contributed by atoms with Crippen LogP contribution in [0.1, 0.15) is 26.2 Å². The first-order valence-electron chi connectivity index (χ1n) is 4.07. The van der Waals surface area contributed by atoms with Gasteiger partial charge in [-0.15, -0.1) is 6.58 Å². The second kappa shape index (κ2) is 3.51. The summed E-state index contributed by atoms with van der Waals surface area (Å²) in [4.78, 5) is 11.3. The SMILES string of the molecule is C=CCC1=CC[C@@H](C)CC1=O. The van der Waals surface area contributed by atoms with Crippen LogP contribution in [0, 0.1) is 5.92 Å². The van der Waals surface area contributed by atoms with Crippen molar-refractivity contribution in [2.24, 2.45) is 5.92 Å². The fraction of sp³-hybridized carbons (Fsp3) is 0.500. The molecule has 1 rings (SSSR count). The van der Waals surface area contributed by atoms with Crippen molar-refractivity contribution < 1.29 is 4.79 Å². The number of allylic oxidation sites excluding steroid dienone is 3. The highest BCUT2D eigenvalue weighted by Gasteiger charge is 2.16. The molecule has 0 saturated carbocycles. The maximum Gasteiger partial charge on any atom is 0.159 e. The van der Waals surface area contributed by atoms with E-state index in [1.807, 2.05) is 0 Å². The molecular formula is C10H14O. The normalized spacial score (nSPS) is 24.6. The molecule has 0 aromatic rings. The zero-order chi connectivity index (χ0) is 8.27. The molecule has 0 aromatic heterocycles. The Morgan fingerprint density at radius 1 is 1.82 bits per heavy atom. The van der Waals surface area contributed by atoms with Gasteiger partial charge in [-0.05, 0) is 24.3 Å². The maximum absolute atomic E-state index is 11.3. The first-order valence-corrected chi connectivity index (χ1v) is 4.07. The molecule has 11 heavy (non-hydrogen) atoms. The minimum atomic E-state index is 0.309. The molecule has 1 atom stereocenters. The summed E-state index contributed by atoms with van der Waals surface area (Å²) in [5, 5.41) is 0. The summed E-state index contributed by atoms with van der Waals surface area (Å²) in [5.74, 6) is 0.847. The van der Waals surface area contributed by atoms with Gasteiger partial charge in [0.25, 0.3) is 0 Å². The van der Waals surface area contributed by atoms with Crippen LogP contribution in [-0.4, -0.2) is 5.78 Å². The summed E-state index contributed by atoms with van der Waals surface area (Å²) >= 11 is 0. The first-order chi connectivity index (χ1) is 5.24. The molecule has 1 heteroatoms. The van der Waals surface area contributed by atoms with E-state index in [1.54, 1.807) is 6.08 Å².